The molecule has 3 aromatic heterocycles. The van der Waals surface area contributed by atoms with E-state index < -0.39 is 10.3 Å². The van der Waals surface area contributed by atoms with Crippen molar-refractivity contribution in [2.75, 3.05) is 23.1 Å². The maximum Gasteiger partial charge on any atom is 0.229 e. The van der Waals surface area contributed by atoms with Crippen LogP contribution in [0.4, 0.5) is 11.6 Å². The van der Waals surface area contributed by atoms with Crippen molar-refractivity contribution in [3.05, 3.63) is 47.9 Å². The Morgan fingerprint density at radius 1 is 1.16 bits per heavy atom. The minimum absolute atomic E-state index is 0.258. The van der Waals surface area contributed by atoms with Crippen molar-refractivity contribution in [3.63, 3.8) is 0 Å². The van der Waals surface area contributed by atoms with Crippen LogP contribution in [0.3, 0.4) is 0 Å². The van der Waals surface area contributed by atoms with Crippen molar-refractivity contribution in [1.29, 1.82) is 0 Å². The molecule has 0 saturated carbocycles. The lowest BCUT2D eigenvalue weighted by Crippen LogP contribution is -2.13. The van der Waals surface area contributed by atoms with Gasteiger partial charge >= 0.3 is 0 Å². The summed E-state index contributed by atoms with van der Waals surface area (Å²) < 4.78 is 12.6. The first kappa shape index (κ1) is 20.2. The number of hydrogen-bond donors (Lipinski definition) is 2. The third kappa shape index (κ3) is 3.97. The Hall–Kier alpha value is -2.71. The summed E-state index contributed by atoms with van der Waals surface area (Å²) in [6.07, 6.45) is 8.66. The zero-order valence-corrected chi connectivity index (χ0v) is 19.0. The van der Waals surface area contributed by atoms with E-state index in [-0.39, 0.29) is 6.04 Å². The molecule has 0 amide bonds. The molecule has 5 rings (SSSR count). The number of aromatic nitrogens is 5. The average molecular weight is 437 g/mol. The fourth-order valence-corrected chi connectivity index (χ4v) is 6.14. The van der Waals surface area contributed by atoms with Crippen LogP contribution in [0.2, 0.25) is 0 Å². The van der Waals surface area contributed by atoms with Gasteiger partial charge in [-0.25, -0.2) is 9.67 Å². The maximum absolute atomic E-state index is 10.6. The molecular weight excluding hydrogens is 408 g/mol. The monoisotopic (exact) mass is 436 g/mol. The van der Waals surface area contributed by atoms with Gasteiger partial charge in [0.25, 0.3) is 0 Å². The number of nitrogens with zero attached hydrogens (tertiary/aromatic N) is 5. The molecule has 8 heteroatoms. The third-order valence-corrected chi connectivity index (χ3v) is 8.47. The normalized spacial score (nSPS) is 24.1. The molecule has 1 aliphatic heterocycles. The summed E-state index contributed by atoms with van der Waals surface area (Å²) in [5.74, 6) is 2.34. The second-order valence-electron chi connectivity index (χ2n) is 8.66. The second kappa shape index (κ2) is 7.76. The molecule has 0 spiro atoms. The van der Waals surface area contributed by atoms with Gasteiger partial charge in [-0.05, 0) is 68.9 Å². The van der Waals surface area contributed by atoms with E-state index in [2.05, 4.69) is 45.1 Å². The van der Waals surface area contributed by atoms with Gasteiger partial charge in [0.15, 0.2) is 5.65 Å². The van der Waals surface area contributed by atoms with Gasteiger partial charge in [-0.3, -0.25) is 4.98 Å². The standard InChI is InChI=1S/C23H28N6OS/c1-15-12-21-17(6-4-9-24-21)13-20(15)26-23-25-14-19-16(2)28-29(22(19)27-23)18-7-5-10-31(3,30)11-8-18/h4,6,9,12-14,18,30H,5,7-8,10-11H2,1-3H3,(H,25,26,27). The Labute approximate surface area is 183 Å². The van der Waals surface area contributed by atoms with Gasteiger partial charge in [0.1, 0.15) is 0 Å². The van der Waals surface area contributed by atoms with Gasteiger partial charge in [-0.2, -0.15) is 10.1 Å². The van der Waals surface area contributed by atoms with E-state index in [0.717, 1.165) is 69.6 Å². The first-order valence-corrected chi connectivity index (χ1v) is 13.0. The van der Waals surface area contributed by atoms with E-state index in [4.69, 9.17) is 10.1 Å². The van der Waals surface area contributed by atoms with Crippen LogP contribution in [0.15, 0.2) is 36.7 Å². The van der Waals surface area contributed by atoms with Crippen LogP contribution in [0.5, 0.6) is 0 Å². The number of anilines is 2. The molecule has 0 aliphatic carbocycles. The predicted molar refractivity (Wildman–Crippen MR) is 129 cm³/mol. The molecule has 2 unspecified atom stereocenters. The van der Waals surface area contributed by atoms with Gasteiger partial charge < -0.3 is 9.87 Å². The number of hydrogen-bond acceptors (Lipinski definition) is 6. The summed E-state index contributed by atoms with van der Waals surface area (Å²) in [4.78, 5) is 13.8. The van der Waals surface area contributed by atoms with Gasteiger partial charge in [-0.15, -0.1) is 10.3 Å². The van der Waals surface area contributed by atoms with Crippen molar-refractivity contribution in [2.45, 2.75) is 39.2 Å². The molecule has 4 aromatic rings. The molecule has 162 valence electrons. The molecule has 4 heterocycles. The minimum atomic E-state index is -1.47. The van der Waals surface area contributed by atoms with Crippen LogP contribution in [0.1, 0.15) is 36.6 Å². The first-order chi connectivity index (χ1) is 14.9. The van der Waals surface area contributed by atoms with E-state index in [1.54, 1.807) is 0 Å². The molecule has 1 fully saturated rings. The Morgan fingerprint density at radius 3 is 2.90 bits per heavy atom. The topological polar surface area (TPSA) is 88.8 Å². The Bertz CT molecular complexity index is 1270. The van der Waals surface area contributed by atoms with Crippen LogP contribution < -0.4 is 5.32 Å². The van der Waals surface area contributed by atoms with E-state index >= 15 is 0 Å². The van der Waals surface area contributed by atoms with Gasteiger partial charge in [0.2, 0.25) is 5.95 Å². The highest BCUT2D eigenvalue weighted by Gasteiger charge is 2.26. The van der Waals surface area contributed by atoms with Crippen LogP contribution >= 0.6 is 10.3 Å². The van der Waals surface area contributed by atoms with E-state index in [0.29, 0.717) is 5.95 Å². The predicted octanol–water partition coefficient (Wildman–Crippen LogP) is 5.37. The van der Waals surface area contributed by atoms with Crippen molar-refractivity contribution < 1.29 is 4.55 Å². The molecule has 31 heavy (non-hydrogen) atoms. The van der Waals surface area contributed by atoms with Crippen LogP contribution in [0.25, 0.3) is 21.9 Å². The second-order valence-corrected chi connectivity index (χ2v) is 11.9. The third-order valence-electron chi connectivity index (χ3n) is 6.19. The number of fused-ring (bicyclic) bond motifs is 2. The quantitative estimate of drug-likeness (QED) is 0.449. The summed E-state index contributed by atoms with van der Waals surface area (Å²) in [5.41, 5.74) is 4.84. The molecule has 2 atom stereocenters. The highest BCUT2D eigenvalue weighted by Crippen LogP contribution is 2.45. The largest absolute Gasteiger partial charge is 0.352 e. The summed E-state index contributed by atoms with van der Waals surface area (Å²) in [6.45, 7) is 4.07. The summed E-state index contributed by atoms with van der Waals surface area (Å²) >= 11 is 0. The number of benzene rings is 1. The van der Waals surface area contributed by atoms with Crippen molar-refractivity contribution in [1.82, 2.24) is 24.7 Å². The van der Waals surface area contributed by atoms with Gasteiger partial charge in [0.05, 0.1) is 22.6 Å². The minimum Gasteiger partial charge on any atom is -0.352 e. The average Bonchev–Trinajstić information content (AvgIpc) is 2.95. The first-order valence-electron chi connectivity index (χ1n) is 10.7. The Balaban J connectivity index is 1.50. The molecule has 7 nitrogen and oxygen atoms in total. The highest BCUT2D eigenvalue weighted by molar-refractivity contribution is 8.28. The molecule has 2 N–H and O–H groups in total. The SMILES string of the molecule is Cc1cc2ncccc2cc1Nc1ncc2c(C)nn(C3CCCS(C)(O)CC3)c2n1. The Kier molecular flexibility index (Phi) is 5.06. The molecule has 1 aliphatic rings. The summed E-state index contributed by atoms with van der Waals surface area (Å²) in [7, 11) is -1.47. The molecular formula is C23H28N6OS. The molecule has 0 bridgehead atoms. The summed E-state index contributed by atoms with van der Waals surface area (Å²) in [6, 6.07) is 8.41. The zero-order valence-electron chi connectivity index (χ0n) is 18.2. The highest BCUT2D eigenvalue weighted by atomic mass is 32.3. The zero-order chi connectivity index (χ0) is 21.6. The van der Waals surface area contributed by atoms with E-state index in [1.165, 1.54) is 0 Å². The number of nitrogens with one attached hydrogen (secondary N) is 1. The van der Waals surface area contributed by atoms with E-state index in [1.807, 2.05) is 31.6 Å². The van der Waals surface area contributed by atoms with Crippen molar-refractivity contribution in [2.24, 2.45) is 0 Å². The lowest BCUT2D eigenvalue weighted by Gasteiger charge is -2.27. The van der Waals surface area contributed by atoms with Crippen LogP contribution in [0, 0.1) is 13.8 Å². The van der Waals surface area contributed by atoms with Gasteiger partial charge in [-0.1, -0.05) is 6.07 Å². The maximum atomic E-state index is 10.6. The molecule has 1 aromatic carbocycles. The van der Waals surface area contributed by atoms with Crippen LogP contribution in [-0.4, -0.2) is 47.0 Å². The number of rotatable bonds is 3. The van der Waals surface area contributed by atoms with E-state index in [9.17, 15) is 4.55 Å². The smallest absolute Gasteiger partial charge is 0.229 e. The molecule has 0 radical (unpaired) electrons. The van der Waals surface area contributed by atoms with Gasteiger partial charge in [0, 0.05) is 29.2 Å². The van der Waals surface area contributed by atoms with Crippen molar-refractivity contribution in [3.8, 4) is 0 Å². The molecule has 1 saturated heterocycles. The fraction of sp³-hybridized carbons (Fsp3) is 0.391. The van der Waals surface area contributed by atoms with Crippen molar-refractivity contribution >= 4 is 43.9 Å². The van der Waals surface area contributed by atoms with Crippen LogP contribution in [-0.2, 0) is 0 Å². The lowest BCUT2D eigenvalue weighted by molar-refractivity contribution is 0.425. The number of aryl methyl sites for hydroxylation is 2. The number of pyridine rings is 1. The Morgan fingerprint density at radius 2 is 2.03 bits per heavy atom. The summed E-state index contributed by atoms with van der Waals surface area (Å²) in [5, 5.41) is 10.3. The fourth-order valence-electron chi connectivity index (χ4n) is 4.37. The lowest BCUT2D eigenvalue weighted by atomic mass is 10.1.